The number of carbonyl (C=O) groups excluding carboxylic acids is 1. The van der Waals surface area contributed by atoms with Crippen LogP contribution in [0.3, 0.4) is 0 Å². The molecule has 3 N–H and O–H groups in total. The number of nitrogens with one attached hydrogen (secondary N) is 2. The number of halogens is 1. The van der Waals surface area contributed by atoms with E-state index in [2.05, 4.69) is 37.6 Å². The van der Waals surface area contributed by atoms with E-state index in [-0.39, 0.29) is 30.7 Å². The molecular formula is C23H23ClN6O3. The minimum Gasteiger partial charge on any atom is -0.455 e. The molecule has 10 heteroatoms. The van der Waals surface area contributed by atoms with Crippen molar-refractivity contribution >= 4 is 40.5 Å². The zero-order chi connectivity index (χ0) is 22.8. The summed E-state index contributed by atoms with van der Waals surface area (Å²) in [6, 6.07) is 13.2. The summed E-state index contributed by atoms with van der Waals surface area (Å²) in [6.45, 7) is 3.61. The van der Waals surface area contributed by atoms with Gasteiger partial charge in [0, 0.05) is 49.3 Å². The van der Waals surface area contributed by atoms with E-state index in [9.17, 15) is 9.90 Å². The van der Waals surface area contributed by atoms with E-state index in [1.807, 2.05) is 12.1 Å². The van der Waals surface area contributed by atoms with Gasteiger partial charge >= 0.3 is 0 Å². The summed E-state index contributed by atoms with van der Waals surface area (Å²) in [7, 11) is 0. The second-order valence-electron chi connectivity index (χ2n) is 7.73. The van der Waals surface area contributed by atoms with Crippen LogP contribution in [0.25, 0.3) is 0 Å². The maximum Gasteiger partial charge on any atom is 0.268 e. The summed E-state index contributed by atoms with van der Waals surface area (Å²) in [5, 5.41) is 16.5. The lowest BCUT2D eigenvalue weighted by Crippen LogP contribution is -2.43. The van der Waals surface area contributed by atoms with Gasteiger partial charge in [-0.15, -0.1) is 0 Å². The average molecular weight is 467 g/mol. The zero-order valence-corrected chi connectivity index (χ0v) is 18.5. The molecule has 0 radical (unpaired) electrons. The molecule has 33 heavy (non-hydrogen) atoms. The summed E-state index contributed by atoms with van der Waals surface area (Å²) in [5.41, 5.74) is 3.19. The zero-order valence-electron chi connectivity index (χ0n) is 17.8. The number of rotatable bonds is 5. The van der Waals surface area contributed by atoms with Gasteiger partial charge in [-0.05, 0) is 30.3 Å². The molecule has 0 atom stereocenters. The minimum absolute atomic E-state index is 0.0710. The van der Waals surface area contributed by atoms with Crippen molar-refractivity contribution in [1.82, 2.24) is 15.3 Å². The van der Waals surface area contributed by atoms with Gasteiger partial charge in [-0.25, -0.2) is 4.98 Å². The standard InChI is InChI=1S/C23H23ClN6O3/c24-19-3-1-2-15(13-31)20(19)30-14-33-21-18(22(30)32)12-26-23(28-21)27-16-4-6-17(7-5-16)29-10-8-25-9-11-29/h1-7,12,25,31H,8-11,13-14H2,(H,26,27,28). The van der Waals surface area contributed by atoms with Gasteiger partial charge in [0.15, 0.2) is 6.73 Å². The molecule has 0 aliphatic carbocycles. The Morgan fingerprint density at radius 1 is 1.15 bits per heavy atom. The van der Waals surface area contributed by atoms with Crippen LogP contribution >= 0.6 is 11.6 Å². The summed E-state index contributed by atoms with van der Waals surface area (Å²) in [6.07, 6.45) is 1.43. The highest BCUT2D eigenvalue weighted by atomic mass is 35.5. The van der Waals surface area contributed by atoms with Crippen molar-refractivity contribution in [3.8, 4) is 5.88 Å². The van der Waals surface area contributed by atoms with Crippen LogP contribution in [0, 0.1) is 0 Å². The first-order valence-corrected chi connectivity index (χ1v) is 11.0. The molecule has 3 aromatic rings. The largest absolute Gasteiger partial charge is 0.455 e. The second-order valence-corrected chi connectivity index (χ2v) is 8.14. The Morgan fingerprint density at radius 3 is 2.70 bits per heavy atom. The molecule has 2 aliphatic rings. The van der Waals surface area contributed by atoms with Gasteiger partial charge in [0.2, 0.25) is 11.8 Å². The van der Waals surface area contributed by atoms with E-state index >= 15 is 0 Å². The van der Waals surface area contributed by atoms with Crippen molar-refractivity contribution in [3.05, 3.63) is 64.8 Å². The van der Waals surface area contributed by atoms with Gasteiger partial charge in [-0.2, -0.15) is 4.98 Å². The number of piperazine rings is 1. The predicted molar refractivity (Wildman–Crippen MR) is 127 cm³/mol. The van der Waals surface area contributed by atoms with Crippen LogP contribution in [-0.2, 0) is 6.61 Å². The lowest BCUT2D eigenvalue weighted by molar-refractivity contribution is 0.0932. The molecule has 2 aromatic carbocycles. The highest BCUT2D eigenvalue weighted by Crippen LogP contribution is 2.34. The smallest absolute Gasteiger partial charge is 0.268 e. The van der Waals surface area contributed by atoms with Crippen LogP contribution in [0.5, 0.6) is 5.88 Å². The van der Waals surface area contributed by atoms with Gasteiger partial charge in [0.1, 0.15) is 5.56 Å². The first-order valence-electron chi connectivity index (χ1n) is 10.7. The number of hydrogen-bond donors (Lipinski definition) is 3. The first kappa shape index (κ1) is 21.4. The minimum atomic E-state index is -0.342. The van der Waals surface area contributed by atoms with Crippen molar-refractivity contribution in [2.45, 2.75) is 6.61 Å². The van der Waals surface area contributed by atoms with Crippen LogP contribution in [0.1, 0.15) is 15.9 Å². The number of ether oxygens (including phenoxy) is 1. The van der Waals surface area contributed by atoms with E-state index in [0.717, 1.165) is 31.9 Å². The van der Waals surface area contributed by atoms with E-state index in [1.54, 1.807) is 18.2 Å². The number of benzene rings is 2. The molecule has 0 saturated carbocycles. The third kappa shape index (κ3) is 4.30. The molecule has 170 valence electrons. The summed E-state index contributed by atoms with van der Waals surface area (Å²) < 4.78 is 5.75. The van der Waals surface area contributed by atoms with Gasteiger partial charge in [0.05, 0.1) is 17.3 Å². The number of fused-ring (bicyclic) bond motifs is 1. The van der Waals surface area contributed by atoms with Crippen LogP contribution < -0.4 is 25.2 Å². The molecule has 3 heterocycles. The molecule has 0 unspecified atom stereocenters. The maximum absolute atomic E-state index is 13.1. The second kappa shape index (κ2) is 9.22. The number of hydrogen-bond acceptors (Lipinski definition) is 8. The number of carbonyl (C=O) groups is 1. The average Bonchev–Trinajstić information content (AvgIpc) is 2.85. The Labute approximate surface area is 196 Å². The molecule has 1 aromatic heterocycles. The molecule has 5 rings (SSSR count). The normalized spacial score (nSPS) is 15.8. The molecule has 9 nitrogen and oxygen atoms in total. The first-order chi connectivity index (χ1) is 16.1. The Morgan fingerprint density at radius 2 is 1.94 bits per heavy atom. The van der Waals surface area contributed by atoms with Crippen LogP contribution in [0.2, 0.25) is 5.02 Å². The lowest BCUT2D eigenvalue weighted by atomic mass is 10.1. The highest BCUT2D eigenvalue weighted by Gasteiger charge is 2.31. The number of aliphatic hydroxyl groups is 1. The van der Waals surface area contributed by atoms with Gasteiger partial charge in [-0.1, -0.05) is 23.7 Å². The third-order valence-electron chi connectivity index (χ3n) is 5.68. The number of para-hydroxylation sites is 1. The van der Waals surface area contributed by atoms with E-state index in [4.69, 9.17) is 16.3 Å². The Kier molecular flexibility index (Phi) is 5.99. The quantitative estimate of drug-likeness (QED) is 0.527. The molecular weight excluding hydrogens is 444 g/mol. The third-order valence-corrected chi connectivity index (χ3v) is 5.98. The number of nitrogens with zero attached hydrogens (tertiary/aromatic N) is 4. The molecule has 1 fully saturated rings. The van der Waals surface area contributed by atoms with Crippen LogP contribution in [0.15, 0.2) is 48.7 Å². The monoisotopic (exact) mass is 466 g/mol. The molecule has 0 spiro atoms. The van der Waals surface area contributed by atoms with E-state index in [0.29, 0.717) is 22.2 Å². The topological polar surface area (TPSA) is 103 Å². The van der Waals surface area contributed by atoms with E-state index < -0.39 is 0 Å². The summed E-state index contributed by atoms with van der Waals surface area (Å²) >= 11 is 6.30. The molecule has 1 amide bonds. The Bertz CT molecular complexity index is 1170. The fourth-order valence-corrected chi connectivity index (χ4v) is 4.27. The van der Waals surface area contributed by atoms with E-state index in [1.165, 1.54) is 16.8 Å². The number of aromatic nitrogens is 2. The van der Waals surface area contributed by atoms with Crippen LogP contribution in [-0.4, -0.2) is 53.9 Å². The maximum atomic E-state index is 13.1. The number of aliphatic hydroxyl groups excluding tert-OH is 1. The summed E-state index contributed by atoms with van der Waals surface area (Å²) in [4.78, 5) is 25.5. The highest BCUT2D eigenvalue weighted by molar-refractivity contribution is 6.34. The van der Waals surface area contributed by atoms with Gasteiger partial charge in [0.25, 0.3) is 5.91 Å². The SMILES string of the molecule is O=C1c2cnc(Nc3ccc(N4CCNCC4)cc3)nc2OCN1c1c(Cl)cccc1CO. The lowest BCUT2D eigenvalue weighted by Gasteiger charge is -2.30. The van der Waals surface area contributed by atoms with Crippen molar-refractivity contribution in [3.63, 3.8) is 0 Å². The Hall–Kier alpha value is -3.40. The van der Waals surface area contributed by atoms with Crippen molar-refractivity contribution < 1.29 is 14.6 Å². The molecule has 2 aliphatic heterocycles. The summed E-state index contributed by atoms with van der Waals surface area (Å²) in [5.74, 6) is 0.188. The Balaban J connectivity index is 1.33. The number of anilines is 4. The number of amides is 1. The molecule has 1 saturated heterocycles. The fourth-order valence-electron chi connectivity index (χ4n) is 3.98. The predicted octanol–water partition coefficient (Wildman–Crippen LogP) is 2.77. The van der Waals surface area contributed by atoms with Crippen molar-refractivity contribution in [1.29, 1.82) is 0 Å². The van der Waals surface area contributed by atoms with Crippen molar-refractivity contribution in [2.75, 3.05) is 48.0 Å². The van der Waals surface area contributed by atoms with Gasteiger partial charge in [-0.3, -0.25) is 9.69 Å². The van der Waals surface area contributed by atoms with Crippen molar-refractivity contribution in [2.24, 2.45) is 0 Å². The van der Waals surface area contributed by atoms with Gasteiger partial charge < -0.3 is 25.4 Å². The van der Waals surface area contributed by atoms with Crippen LogP contribution in [0.4, 0.5) is 23.0 Å². The fraction of sp³-hybridized carbons (Fsp3) is 0.261. The molecule has 0 bridgehead atoms.